The van der Waals surface area contributed by atoms with Crippen LogP contribution in [0.3, 0.4) is 0 Å². The van der Waals surface area contributed by atoms with Crippen LogP contribution in [0.25, 0.3) is 16.7 Å². The Bertz CT molecular complexity index is 774. The molecule has 1 aromatic heterocycles. The molecule has 0 bridgehead atoms. The fourth-order valence-electron chi connectivity index (χ4n) is 2.26. The number of hydrogen-bond acceptors (Lipinski definition) is 2. The highest BCUT2D eigenvalue weighted by molar-refractivity contribution is 9.10. The third-order valence-corrected chi connectivity index (χ3v) is 4.28. The molecule has 0 aliphatic rings. The van der Waals surface area contributed by atoms with Gasteiger partial charge in [-0.15, -0.1) is 0 Å². The maximum Gasteiger partial charge on any atom is 0.205 e. The maximum atomic E-state index is 6.09. The highest BCUT2D eigenvalue weighted by Gasteiger charge is 2.13. The molecule has 0 unspecified atom stereocenters. The van der Waals surface area contributed by atoms with Crippen LogP contribution >= 0.6 is 15.9 Å². The van der Waals surface area contributed by atoms with Crippen molar-refractivity contribution in [3.63, 3.8) is 0 Å². The summed E-state index contributed by atoms with van der Waals surface area (Å²) in [6.07, 6.45) is 0. The van der Waals surface area contributed by atoms with E-state index in [0.717, 1.165) is 21.2 Å². The number of anilines is 1. The van der Waals surface area contributed by atoms with Crippen LogP contribution in [0.15, 0.2) is 40.9 Å². The zero-order chi connectivity index (χ0) is 13.6. The number of aromatic nitrogens is 2. The van der Waals surface area contributed by atoms with Crippen molar-refractivity contribution in [3.05, 3.63) is 52.0 Å². The van der Waals surface area contributed by atoms with Gasteiger partial charge in [0.25, 0.3) is 0 Å². The van der Waals surface area contributed by atoms with E-state index in [1.165, 1.54) is 11.1 Å². The van der Waals surface area contributed by atoms with Crippen LogP contribution in [-0.4, -0.2) is 9.55 Å². The van der Waals surface area contributed by atoms with Crippen LogP contribution in [-0.2, 0) is 0 Å². The maximum absolute atomic E-state index is 6.09. The molecule has 4 heteroatoms. The van der Waals surface area contributed by atoms with Gasteiger partial charge in [-0.1, -0.05) is 18.2 Å². The molecule has 0 saturated heterocycles. The van der Waals surface area contributed by atoms with Gasteiger partial charge >= 0.3 is 0 Å². The third kappa shape index (κ3) is 1.92. The molecule has 0 spiro atoms. The minimum Gasteiger partial charge on any atom is -0.369 e. The summed E-state index contributed by atoms with van der Waals surface area (Å²) in [5.74, 6) is 0.506. The molecule has 1 heterocycles. The summed E-state index contributed by atoms with van der Waals surface area (Å²) >= 11 is 3.64. The van der Waals surface area contributed by atoms with E-state index in [-0.39, 0.29) is 0 Å². The fraction of sp³-hybridized carbons (Fsp3) is 0.133. The van der Waals surface area contributed by atoms with Gasteiger partial charge in [0.15, 0.2) is 0 Å². The fourth-order valence-corrected chi connectivity index (χ4v) is 2.70. The van der Waals surface area contributed by atoms with Crippen molar-refractivity contribution in [3.8, 4) is 5.69 Å². The molecule has 0 aliphatic carbocycles. The summed E-state index contributed by atoms with van der Waals surface area (Å²) in [4.78, 5) is 4.42. The van der Waals surface area contributed by atoms with E-state index in [1.807, 2.05) is 28.8 Å². The number of halogens is 1. The van der Waals surface area contributed by atoms with E-state index >= 15 is 0 Å². The zero-order valence-electron chi connectivity index (χ0n) is 10.8. The standard InChI is InChI=1S/C15H14BrN3/c1-9-6-7-11-13(8-9)19(15(17)18-11)12-5-3-4-10(2)14(12)16/h3-8H,1-2H3,(H2,17,18). The van der Waals surface area contributed by atoms with E-state index in [4.69, 9.17) is 5.73 Å². The minimum atomic E-state index is 0.506. The molecule has 19 heavy (non-hydrogen) atoms. The summed E-state index contributed by atoms with van der Waals surface area (Å²) < 4.78 is 3.03. The van der Waals surface area contributed by atoms with Crippen LogP contribution in [0.2, 0.25) is 0 Å². The summed E-state index contributed by atoms with van der Waals surface area (Å²) in [5, 5.41) is 0. The summed E-state index contributed by atoms with van der Waals surface area (Å²) in [5.41, 5.74) is 11.4. The second-order valence-corrected chi connectivity index (χ2v) is 5.50. The molecule has 2 aromatic carbocycles. The smallest absolute Gasteiger partial charge is 0.205 e. The Balaban J connectivity index is 2.39. The number of hydrogen-bond donors (Lipinski definition) is 1. The van der Waals surface area contributed by atoms with Gasteiger partial charge in [-0.05, 0) is 59.1 Å². The lowest BCUT2D eigenvalue weighted by Gasteiger charge is -2.11. The van der Waals surface area contributed by atoms with Crippen molar-refractivity contribution in [1.82, 2.24) is 9.55 Å². The molecule has 3 aromatic rings. The normalized spacial score (nSPS) is 11.1. The molecule has 0 fully saturated rings. The molecular formula is C15H14BrN3. The molecule has 0 saturated carbocycles. The molecule has 96 valence electrons. The van der Waals surface area contributed by atoms with Gasteiger partial charge in [-0.2, -0.15) is 0 Å². The van der Waals surface area contributed by atoms with Crippen molar-refractivity contribution in [1.29, 1.82) is 0 Å². The quantitative estimate of drug-likeness (QED) is 0.738. The second-order valence-electron chi connectivity index (χ2n) is 4.71. The van der Waals surface area contributed by atoms with Crippen LogP contribution in [0.5, 0.6) is 0 Å². The predicted octanol–water partition coefficient (Wildman–Crippen LogP) is 3.99. The Labute approximate surface area is 120 Å². The van der Waals surface area contributed by atoms with E-state index in [0.29, 0.717) is 5.95 Å². The Hall–Kier alpha value is -1.81. The molecular weight excluding hydrogens is 302 g/mol. The Kier molecular flexibility index (Phi) is 2.82. The highest BCUT2D eigenvalue weighted by Crippen LogP contribution is 2.30. The number of imidazole rings is 1. The number of fused-ring (bicyclic) bond motifs is 1. The Morgan fingerprint density at radius 2 is 1.95 bits per heavy atom. The van der Waals surface area contributed by atoms with Crippen LogP contribution in [0, 0.1) is 13.8 Å². The number of nitrogens with two attached hydrogens (primary N) is 1. The first kappa shape index (κ1) is 12.2. The highest BCUT2D eigenvalue weighted by atomic mass is 79.9. The Morgan fingerprint density at radius 3 is 2.74 bits per heavy atom. The average molecular weight is 316 g/mol. The van der Waals surface area contributed by atoms with Gasteiger partial charge in [-0.3, -0.25) is 4.57 Å². The number of nitrogen functional groups attached to an aromatic ring is 1. The third-order valence-electron chi connectivity index (χ3n) is 3.25. The predicted molar refractivity (Wildman–Crippen MR) is 82.7 cm³/mol. The first-order chi connectivity index (χ1) is 9.08. The van der Waals surface area contributed by atoms with Crippen molar-refractivity contribution >= 4 is 32.9 Å². The van der Waals surface area contributed by atoms with Gasteiger partial charge < -0.3 is 5.73 Å². The Morgan fingerprint density at radius 1 is 1.16 bits per heavy atom. The zero-order valence-corrected chi connectivity index (χ0v) is 12.4. The monoisotopic (exact) mass is 315 g/mol. The average Bonchev–Trinajstić information content (AvgIpc) is 2.69. The number of benzene rings is 2. The van der Waals surface area contributed by atoms with Crippen LogP contribution in [0.4, 0.5) is 5.95 Å². The van der Waals surface area contributed by atoms with Crippen molar-refractivity contribution in [2.75, 3.05) is 5.73 Å². The molecule has 3 nitrogen and oxygen atoms in total. The summed E-state index contributed by atoms with van der Waals surface area (Å²) in [6, 6.07) is 12.3. The lowest BCUT2D eigenvalue weighted by atomic mass is 10.2. The van der Waals surface area contributed by atoms with E-state index in [1.54, 1.807) is 0 Å². The minimum absolute atomic E-state index is 0.506. The molecule has 3 rings (SSSR count). The molecule has 0 radical (unpaired) electrons. The van der Waals surface area contributed by atoms with Gasteiger partial charge in [0.05, 0.1) is 16.7 Å². The topological polar surface area (TPSA) is 43.8 Å². The SMILES string of the molecule is Cc1ccc2nc(N)n(-c3cccc(C)c3Br)c2c1. The lowest BCUT2D eigenvalue weighted by molar-refractivity contribution is 1.09. The van der Waals surface area contributed by atoms with Crippen molar-refractivity contribution in [2.45, 2.75) is 13.8 Å². The lowest BCUT2D eigenvalue weighted by Crippen LogP contribution is -2.02. The number of aryl methyl sites for hydroxylation is 2. The number of nitrogens with zero attached hydrogens (tertiary/aromatic N) is 2. The largest absolute Gasteiger partial charge is 0.369 e. The van der Waals surface area contributed by atoms with E-state index in [9.17, 15) is 0 Å². The van der Waals surface area contributed by atoms with Crippen LogP contribution in [0.1, 0.15) is 11.1 Å². The second kappa shape index (κ2) is 4.38. The first-order valence-corrected chi connectivity index (χ1v) is 6.87. The van der Waals surface area contributed by atoms with Gasteiger partial charge in [-0.25, -0.2) is 4.98 Å². The summed E-state index contributed by atoms with van der Waals surface area (Å²) in [6.45, 7) is 4.13. The summed E-state index contributed by atoms with van der Waals surface area (Å²) in [7, 11) is 0. The van der Waals surface area contributed by atoms with E-state index in [2.05, 4.69) is 46.9 Å². The van der Waals surface area contributed by atoms with Crippen molar-refractivity contribution in [2.24, 2.45) is 0 Å². The van der Waals surface area contributed by atoms with Gasteiger partial charge in [0.2, 0.25) is 5.95 Å². The molecule has 0 amide bonds. The van der Waals surface area contributed by atoms with Gasteiger partial charge in [0.1, 0.15) is 0 Å². The number of rotatable bonds is 1. The first-order valence-electron chi connectivity index (χ1n) is 6.08. The molecule has 2 N–H and O–H groups in total. The molecule has 0 aliphatic heterocycles. The molecule has 0 atom stereocenters. The van der Waals surface area contributed by atoms with Gasteiger partial charge in [0, 0.05) is 4.47 Å². The van der Waals surface area contributed by atoms with E-state index < -0.39 is 0 Å². The van der Waals surface area contributed by atoms with Crippen LogP contribution < -0.4 is 5.73 Å². The van der Waals surface area contributed by atoms with Crippen molar-refractivity contribution < 1.29 is 0 Å².